The molecular formula is C22H29Cl2N3. The average Bonchev–Trinajstić information content (AvgIpc) is 2.87. The van der Waals surface area contributed by atoms with Crippen LogP contribution in [0.5, 0.6) is 0 Å². The van der Waals surface area contributed by atoms with Gasteiger partial charge < -0.3 is 4.57 Å². The van der Waals surface area contributed by atoms with Gasteiger partial charge in [0, 0.05) is 54.0 Å². The number of fused-ring (bicyclic) bond motifs is 3. The Labute approximate surface area is 174 Å². The molecule has 3 heterocycles. The number of nitrogens with zero attached hydrogens (tertiary/aromatic N) is 3. The Kier molecular flexibility index (Phi) is 6.96. The molecule has 4 rings (SSSR count). The van der Waals surface area contributed by atoms with E-state index in [1.807, 2.05) is 13.1 Å². The minimum Gasteiger partial charge on any atom is -0.344 e. The third kappa shape index (κ3) is 4.16. The number of likely N-dealkylation sites (N-methyl/N-ethyl adjacent to an activating group) is 1. The fraction of sp³-hybridized carbons (Fsp3) is 0.409. The van der Waals surface area contributed by atoms with Gasteiger partial charge in [-0.05, 0) is 63.6 Å². The van der Waals surface area contributed by atoms with Gasteiger partial charge in [0.05, 0.1) is 0 Å². The van der Waals surface area contributed by atoms with Crippen LogP contribution in [0, 0.1) is 13.8 Å². The Morgan fingerprint density at radius 2 is 1.89 bits per heavy atom. The van der Waals surface area contributed by atoms with Crippen molar-refractivity contribution in [1.82, 2.24) is 14.5 Å². The van der Waals surface area contributed by atoms with E-state index in [2.05, 4.69) is 65.7 Å². The number of rotatable bonds is 3. The maximum Gasteiger partial charge on any atom is 0.0486 e. The molecular weight excluding hydrogens is 377 g/mol. The van der Waals surface area contributed by atoms with Crippen LogP contribution >= 0.6 is 24.8 Å². The zero-order chi connectivity index (χ0) is 17.6. The van der Waals surface area contributed by atoms with Crippen molar-refractivity contribution in [1.29, 1.82) is 0 Å². The summed E-state index contributed by atoms with van der Waals surface area (Å²) in [6, 6.07) is 11.8. The van der Waals surface area contributed by atoms with Gasteiger partial charge in [-0.2, -0.15) is 0 Å². The van der Waals surface area contributed by atoms with E-state index >= 15 is 0 Å². The van der Waals surface area contributed by atoms with Crippen LogP contribution in [0.25, 0.3) is 10.9 Å². The molecule has 0 spiro atoms. The van der Waals surface area contributed by atoms with Crippen molar-refractivity contribution in [2.24, 2.45) is 0 Å². The van der Waals surface area contributed by atoms with Crippen LogP contribution in [0.1, 0.15) is 35.0 Å². The highest BCUT2D eigenvalue weighted by Gasteiger charge is 2.26. The van der Waals surface area contributed by atoms with Crippen LogP contribution in [0.15, 0.2) is 36.5 Å². The summed E-state index contributed by atoms with van der Waals surface area (Å²) in [7, 11) is 2.24. The monoisotopic (exact) mass is 405 g/mol. The number of hydrogen-bond acceptors (Lipinski definition) is 2. The topological polar surface area (TPSA) is 21.1 Å². The summed E-state index contributed by atoms with van der Waals surface area (Å²) < 4.78 is 2.56. The van der Waals surface area contributed by atoms with Crippen molar-refractivity contribution in [3.8, 4) is 0 Å². The zero-order valence-electron chi connectivity index (χ0n) is 16.5. The van der Waals surface area contributed by atoms with Gasteiger partial charge in [0.15, 0.2) is 0 Å². The van der Waals surface area contributed by atoms with E-state index in [0.717, 1.165) is 31.6 Å². The van der Waals surface area contributed by atoms with Crippen LogP contribution in [-0.2, 0) is 25.9 Å². The Bertz CT molecular complexity index is 915. The highest BCUT2D eigenvalue weighted by molar-refractivity contribution is 5.86. The van der Waals surface area contributed by atoms with Crippen LogP contribution in [0.3, 0.4) is 0 Å². The van der Waals surface area contributed by atoms with E-state index in [1.165, 1.54) is 33.3 Å². The number of benzene rings is 1. The molecule has 27 heavy (non-hydrogen) atoms. The number of aryl methyl sites for hydroxylation is 4. The lowest BCUT2D eigenvalue weighted by Crippen LogP contribution is -2.35. The quantitative estimate of drug-likeness (QED) is 0.602. The second-order valence-corrected chi connectivity index (χ2v) is 7.62. The van der Waals surface area contributed by atoms with Gasteiger partial charge in [-0.25, -0.2) is 0 Å². The summed E-state index contributed by atoms with van der Waals surface area (Å²) in [5, 5.41) is 1.44. The molecule has 0 saturated carbocycles. The Morgan fingerprint density at radius 3 is 2.59 bits per heavy atom. The molecule has 0 saturated heterocycles. The lowest BCUT2D eigenvalue weighted by molar-refractivity contribution is 0.228. The van der Waals surface area contributed by atoms with Crippen molar-refractivity contribution in [3.63, 3.8) is 0 Å². The molecule has 1 aromatic carbocycles. The molecule has 1 atom stereocenters. The molecule has 146 valence electrons. The summed E-state index contributed by atoms with van der Waals surface area (Å²) in [5.41, 5.74) is 8.19. The zero-order valence-corrected chi connectivity index (χ0v) is 18.2. The second-order valence-electron chi connectivity index (χ2n) is 7.62. The van der Waals surface area contributed by atoms with E-state index < -0.39 is 0 Å². The smallest absolute Gasteiger partial charge is 0.0486 e. The van der Waals surface area contributed by atoms with E-state index in [4.69, 9.17) is 0 Å². The minimum absolute atomic E-state index is 0. The predicted molar refractivity (Wildman–Crippen MR) is 118 cm³/mol. The molecule has 0 fully saturated rings. The first kappa shape index (κ1) is 21.7. The average molecular weight is 406 g/mol. The molecule has 3 nitrogen and oxygen atoms in total. The molecule has 3 aromatic rings. The highest BCUT2D eigenvalue weighted by Crippen LogP contribution is 2.33. The molecule has 0 N–H and O–H groups in total. The van der Waals surface area contributed by atoms with Crippen LogP contribution < -0.4 is 0 Å². The normalized spacial score (nSPS) is 16.5. The maximum absolute atomic E-state index is 4.45. The van der Waals surface area contributed by atoms with E-state index in [-0.39, 0.29) is 24.8 Å². The summed E-state index contributed by atoms with van der Waals surface area (Å²) in [4.78, 5) is 6.92. The van der Waals surface area contributed by atoms with Gasteiger partial charge in [0.1, 0.15) is 0 Å². The predicted octanol–water partition coefficient (Wildman–Crippen LogP) is 5.12. The summed E-state index contributed by atoms with van der Waals surface area (Å²) in [6.45, 7) is 8.64. The first-order valence-electron chi connectivity index (χ1n) is 9.25. The standard InChI is InChI=1S/C22H27N3.2ClH/c1-15-5-8-21-19(11-15)20-14-24(4)17(3)12-22(20)25(21)10-9-18-7-6-16(2)23-13-18;;/h5-8,11,13,17H,9-10,12,14H2,1-4H3;2*1H. The van der Waals surface area contributed by atoms with Crippen molar-refractivity contribution in [2.75, 3.05) is 7.05 Å². The van der Waals surface area contributed by atoms with Crippen LogP contribution in [0.4, 0.5) is 0 Å². The Morgan fingerprint density at radius 1 is 1.11 bits per heavy atom. The first-order chi connectivity index (χ1) is 12.0. The van der Waals surface area contributed by atoms with Gasteiger partial charge in [0.25, 0.3) is 0 Å². The molecule has 1 unspecified atom stereocenters. The summed E-state index contributed by atoms with van der Waals surface area (Å²) in [6.07, 6.45) is 4.18. The first-order valence-corrected chi connectivity index (χ1v) is 9.25. The Balaban J connectivity index is 0.00000131. The van der Waals surface area contributed by atoms with Gasteiger partial charge in [-0.15, -0.1) is 24.8 Å². The third-order valence-corrected chi connectivity index (χ3v) is 5.69. The molecule has 0 bridgehead atoms. The molecule has 5 heteroatoms. The van der Waals surface area contributed by atoms with E-state index in [9.17, 15) is 0 Å². The number of aromatic nitrogens is 2. The third-order valence-electron chi connectivity index (χ3n) is 5.69. The maximum atomic E-state index is 4.45. The van der Waals surface area contributed by atoms with E-state index in [0.29, 0.717) is 6.04 Å². The number of halogens is 2. The molecule has 1 aliphatic rings. The van der Waals surface area contributed by atoms with Crippen molar-refractivity contribution in [3.05, 3.63) is 64.6 Å². The van der Waals surface area contributed by atoms with Crippen molar-refractivity contribution < 1.29 is 0 Å². The fourth-order valence-electron chi connectivity index (χ4n) is 3.98. The van der Waals surface area contributed by atoms with Crippen LogP contribution in [-0.4, -0.2) is 27.5 Å². The van der Waals surface area contributed by atoms with Crippen molar-refractivity contribution >= 4 is 35.7 Å². The fourth-order valence-corrected chi connectivity index (χ4v) is 3.98. The van der Waals surface area contributed by atoms with E-state index in [1.54, 1.807) is 0 Å². The minimum atomic E-state index is 0. The largest absolute Gasteiger partial charge is 0.344 e. The molecule has 2 aromatic heterocycles. The Hall–Kier alpha value is -1.55. The van der Waals surface area contributed by atoms with Gasteiger partial charge >= 0.3 is 0 Å². The summed E-state index contributed by atoms with van der Waals surface area (Å²) >= 11 is 0. The second kappa shape index (κ2) is 8.64. The summed E-state index contributed by atoms with van der Waals surface area (Å²) in [5.74, 6) is 0. The van der Waals surface area contributed by atoms with Crippen LogP contribution in [0.2, 0.25) is 0 Å². The lowest BCUT2D eigenvalue weighted by atomic mass is 9.99. The molecule has 0 aliphatic carbocycles. The highest BCUT2D eigenvalue weighted by atomic mass is 35.5. The lowest BCUT2D eigenvalue weighted by Gasteiger charge is -2.31. The van der Waals surface area contributed by atoms with Gasteiger partial charge in [-0.3, -0.25) is 9.88 Å². The number of pyridine rings is 1. The molecule has 1 aliphatic heterocycles. The number of hydrogen-bond donors (Lipinski definition) is 0. The van der Waals surface area contributed by atoms with Crippen molar-refractivity contribution in [2.45, 2.75) is 52.7 Å². The SMILES string of the molecule is Cc1ccc2c(c1)c1c(n2CCc2ccc(C)nc2)CC(C)N(C)C1.Cl.Cl. The molecule has 0 radical (unpaired) electrons. The van der Waals surface area contributed by atoms with Gasteiger partial charge in [-0.1, -0.05) is 17.7 Å². The van der Waals surface area contributed by atoms with Gasteiger partial charge in [0.2, 0.25) is 0 Å². The molecule has 0 amide bonds.